The fourth-order valence-corrected chi connectivity index (χ4v) is 2.90. The summed E-state index contributed by atoms with van der Waals surface area (Å²) in [6.07, 6.45) is -0.831. The molecule has 2 amide bonds. The molecule has 10 heteroatoms. The molecule has 0 saturated heterocycles. The Balaban J connectivity index is 1.59. The van der Waals surface area contributed by atoms with E-state index in [1.807, 2.05) is 0 Å². The zero-order valence-corrected chi connectivity index (χ0v) is 18.1. The van der Waals surface area contributed by atoms with Crippen LogP contribution >= 0.6 is 0 Å². The Hall–Kier alpha value is -4.73. The van der Waals surface area contributed by atoms with E-state index < -0.39 is 29.3 Å². The molecule has 5 N–H and O–H groups in total. The van der Waals surface area contributed by atoms with Crippen molar-refractivity contribution in [2.24, 2.45) is 0 Å². The number of benzene rings is 3. The lowest BCUT2D eigenvalue weighted by atomic mass is 10.1. The normalized spacial score (nSPS) is 10.3. The Kier molecular flexibility index (Phi) is 7.55. The number of hydrogen-bond donors (Lipinski definition) is 5. The number of nitrogens with one attached hydrogen (secondary N) is 2. The van der Waals surface area contributed by atoms with E-state index in [2.05, 4.69) is 15.4 Å². The maximum absolute atomic E-state index is 12.5. The van der Waals surface area contributed by atoms with Gasteiger partial charge in [0.1, 0.15) is 5.75 Å². The van der Waals surface area contributed by atoms with E-state index in [4.69, 9.17) is 4.74 Å². The maximum Gasteiger partial charge on any atom is 0.513 e. The van der Waals surface area contributed by atoms with Crippen LogP contribution in [0.1, 0.15) is 33.2 Å². The van der Waals surface area contributed by atoms with Gasteiger partial charge in [-0.25, -0.2) is 4.79 Å². The first-order valence-corrected chi connectivity index (χ1v) is 10.1. The number of carbonyl (C=O) groups is 3. The molecule has 3 rings (SSSR count). The number of aromatic hydroxyl groups is 3. The van der Waals surface area contributed by atoms with Gasteiger partial charge in [0.25, 0.3) is 11.8 Å². The summed E-state index contributed by atoms with van der Waals surface area (Å²) in [4.78, 5) is 36.2. The van der Waals surface area contributed by atoms with Gasteiger partial charge in [-0.2, -0.15) is 0 Å². The van der Waals surface area contributed by atoms with Gasteiger partial charge in [-0.15, -0.1) is 0 Å². The van der Waals surface area contributed by atoms with Crippen LogP contribution in [0.4, 0.5) is 10.5 Å². The number of phenols is 3. The number of hydrogen-bond acceptors (Lipinski definition) is 8. The fraction of sp³-hybridized carbons (Fsp3) is 0.125. The molecule has 176 valence electrons. The largest absolute Gasteiger partial charge is 0.513 e. The molecule has 34 heavy (non-hydrogen) atoms. The molecule has 0 saturated carbocycles. The van der Waals surface area contributed by atoms with E-state index in [0.717, 1.165) is 12.1 Å². The molecule has 0 atom stereocenters. The molecule has 0 fully saturated rings. The lowest BCUT2D eigenvalue weighted by Crippen LogP contribution is -2.22. The van der Waals surface area contributed by atoms with Crippen molar-refractivity contribution in [1.29, 1.82) is 0 Å². The van der Waals surface area contributed by atoms with Crippen molar-refractivity contribution in [1.82, 2.24) is 5.32 Å². The second-order valence-electron chi connectivity index (χ2n) is 7.01. The van der Waals surface area contributed by atoms with E-state index in [0.29, 0.717) is 16.8 Å². The van der Waals surface area contributed by atoms with Crippen LogP contribution in [0.25, 0.3) is 0 Å². The van der Waals surface area contributed by atoms with Crippen molar-refractivity contribution in [2.75, 3.05) is 11.9 Å². The van der Waals surface area contributed by atoms with Crippen LogP contribution < -0.4 is 15.4 Å². The summed E-state index contributed by atoms with van der Waals surface area (Å²) in [6, 6.07) is 14.8. The van der Waals surface area contributed by atoms with Gasteiger partial charge in [-0.1, -0.05) is 12.1 Å². The highest BCUT2D eigenvalue weighted by Gasteiger charge is 2.14. The number of carbonyl (C=O) groups excluding carboxylic acids is 3. The first kappa shape index (κ1) is 23.9. The summed E-state index contributed by atoms with van der Waals surface area (Å²) in [7, 11) is 0. The van der Waals surface area contributed by atoms with Crippen molar-refractivity contribution in [3.05, 3.63) is 77.4 Å². The predicted molar refractivity (Wildman–Crippen MR) is 121 cm³/mol. The zero-order valence-electron chi connectivity index (χ0n) is 18.1. The third-order valence-corrected chi connectivity index (χ3v) is 4.55. The molecular weight excluding hydrogens is 444 g/mol. The Morgan fingerprint density at radius 3 is 2.18 bits per heavy atom. The molecule has 10 nitrogen and oxygen atoms in total. The molecule has 0 radical (unpaired) electrons. The quantitative estimate of drug-likeness (QED) is 0.201. The smallest absolute Gasteiger partial charge is 0.504 e. The van der Waals surface area contributed by atoms with Crippen LogP contribution in [0.3, 0.4) is 0 Å². The fourth-order valence-electron chi connectivity index (χ4n) is 2.90. The highest BCUT2D eigenvalue weighted by atomic mass is 16.7. The second kappa shape index (κ2) is 10.7. The molecule has 0 aliphatic rings. The van der Waals surface area contributed by atoms with Gasteiger partial charge in [0, 0.05) is 23.4 Å². The van der Waals surface area contributed by atoms with Gasteiger partial charge in [0.05, 0.1) is 6.61 Å². The molecule has 0 aliphatic heterocycles. The number of ether oxygens (including phenoxy) is 2. The van der Waals surface area contributed by atoms with Crippen LogP contribution in [0, 0.1) is 0 Å². The van der Waals surface area contributed by atoms with Crippen LogP contribution in [-0.2, 0) is 11.3 Å². The minimum absolute atomic E-state index is 0.0346. The van der Waals surface area contributed by atoms with Gasteiger partial charge in [0.15, 0.2) is 17.2 Å². The van der Waals surface area contributed by atoms with Gasteiger partial charge in [-0.05, 0) is 61.0 Å². The molecule has 0 heterocycles. The van der Waals surface area contributed by atoms with E-state index in [9.17, 15) is 29.7 Å². The number of amides is 2. The van der Waals surface area contributed by atoms with Crippen molar-refractivity contribution in [2.45, 2.75) is 13.5 Å². The van der Waals surface area contributed by atoms with Gasteiger partial charge >= 0.3 is 6.16 Å². The third-order valence-electron chi connectivity index (χ3n) is 4.55. The Bertz CT molecular complexity index is 1180. The highest BCUT2D eigenvalue weighted by Crippen LogP contribution is 2.35. The Morgan fingerprint density at radius 1 is 0.853 bits per heavy atom. The predicted octanol–water partition coefficient (Wildman–Crippen LogP) is 3.52. The van der Waals surface area contributed by atoms with Gasteiger partial charge in [-0.3, -0.25) is 9.59 Å². The summed E-state index contributed by atoms with van der Waals surface area (Å²) >= 11 is 0. The maximum atomic E-state index is 12.5. The summed E-state index contributed by atoms with van der Waals surface area (Å²) in [6.45, 7) is 1.95. The van der Waals surface area contributed by atoms with E-state index in [1.165, 1.54) is 24.3 Å². The van der Waals surface area contributed by atoms with Crippen molar-refractivity contribution in [3.8, 4) is 23.0 Å². The Morgan fingerprint density at radius 2 is 1.53 bits per heavy atom. The first-order chi connectivity index (χ1) is 16.3. The van der Waals surface area contributed by atoms with Crippen molar-refractivity contribution >= 4 is 23.7 Å². The molecule has 3 aromatic rings. The van der Waals surface area contributed by atoms with Crippen LogP contribution in [-0.4, -0.2) is 39.9 Å². The van der Waals surface area contributed by atoms with E-state index >= 15 is 0 Å². The number of anilines is 1. The van der Waals surface area contributed by atoms with E-state index in [-0.39, 0.29) is 30.4 Å². The summed E-state index contributed by atoms with van der Waals surface area (Å²) in [5.74, 6) is -2.67. The van der Waals surface area contributed by atoms with Crippen LogP contribution in [0.2, 0.25) is 0 Å². The molecule has 0 spiro atoms. The topological polar surface area (TPSA) is 154 Å². The second-order valence-corrected chi connectivity index (χ2v) is 7.01. The Labute approximate surface area is 194 Å². The molecule has 3 aromatic carbocycles. The summed E-state index contributed by atoms with van der Waals surface area (Å²) in [5, 5.41) is 33.8. The zero-order chi connectivity index (χ0) is 24.7. The monoisotopic (exact) mass is 466 g/mol. The first-order valence-electron chi connectivity index (χ1n) is 10.1. The summed E-state index contributed by atoms with van der Waals surface area (Å²) in [5.41, 5.74) is 1.47. The molecule has 0 unspecified atom stereocenters. The van der Waals surface area contributed by atoms with Gasteiger partial charge < -0.3 is 35.4 Å². The van der Waals surface area contributed by atoms with Gasteiger partial charge in [0.2, 0.25) is 0 Å². The average molecular weight is 466 g/mol. The lowest BCUT2D eigenvalue weighted by Gasteiger charge is -2.10. The third kappa shape index (κ3) is 6.16. The molecule has 0 bridgehead atoms. The molecular formula is C24H22N2O8. The SMILES string of the molecule is CCOC(=O)Oc1ccc(C(=O)Nc2cccc(CNC(=O)c3cc(O)c(O)c(O)c3)c2)cc1. The van der Waals surface area contributed by atoms with Crippen LogP contribution in [0.15, 0.2) is 60.7 Å². The molecule has 0 aliphatic carbocycles. The summed E-state index contributed by atoms with van der Waals surface area (Å²) < 4.78 is 9.64. The van der Waals surface area contributed by atoms with Crippen LogP contribution in [0.5, 0.6) is 23.0 Å². The van der Waals surface area contributed by atoms with Crippen molar-refractivity contribution < 1.29 is 39.2 Å². The number of rotatable bonds is 7. The standard InChI is InChI=1S/C24H22N2O8/c1-2-33-24(32)34-18-8-6-15(7-9-18)23(31)26-17-5-3-4-14(10-17)13-25-22(30)16-11-19(27)21(29)20(28)12-16/h3-12,27-29H,2,13H2,1H3,(H,25,30)(H,26,31). The minimum Gasteiger partial charge on any atom is -0.504 e. The van der Waals surface area contributed by atoms with E-state index in [1.54, 1.807) is 31.2 Å². The minimum atomic E-state index is -0.831. The number of phenolic OH excluding ortho intramolecular Hbond substituents is 3. The highest BCUT2D eigenvalue weighted by molar-refractivity contribution is 6.04. The average Bonchev–Trinajstić information content (AvgIpc) is 2.81. The molecule has 0 aromatic heterocycles. The van der Waals surface area contributed by atoms with Crippen molar-refractivity contribution in [3.63, 3.8) is 0 Å². The lowest BCUT2D eigenvalue weighted by molar-refractivity contribution is 0.0948.